The number of aryl methyl sites for hydroxylation is 1. The van der Waals surface area contributed by atoms with E-state index < -0.39 is 8.25 Å². The fraction of sp³-hybridized carbons (Fsp3) is 0.423. The predicted octanol–water partition coefficient (Wildman–Crippen LogP) is 6.73. The molecule has 0 saturated carbocycles. The molecular weight excluding hydrogens is 419 g/mol. The smallest absolute Gasteiger partial charge is 0.310 e. The first kappa shape index (κ1) is 24.5. The van der Waals surface area contributed by atoms with Gasteiger partial charge in [-0.05, 0) is 61.1 Å². The van der Waals surface area contributed by atoms with E-state index in [0.29, 0.717) is 13.0 Å². The van der Waals surface area contributed by atoms with Crippen LogP contribution in [0.5, 0.6) is 0 Å². The Bertz CT molecular complexity index is 1010. The second kappa shape index (κ2) is 12.8. The van der Waals surface area contributed by atoms with Gasteiger partial charge in [-0.3, -0.25) is 4.98 Å². The van der Waals surface area contributed by atoms with Gasteiger partial charge in [0.05, 0.1) is 5.52 Å². The van der Waals surface area contributed by atoms with E-state index in [2.05, 4.69) is 61.6 Å². The second-order valence-electron chi connectivity index (χ2n) is 8.21. The Hall–Kier alpha value is -2.17. The summed E-state index contributed by atoms with van der Waals surface area (Å²) in [5, 5.41) is 4.61. The quantitative estimate of drug-likeness (QED) is 0.222. The molecule has 0 aliphatic rings. The third-order valence-corrected chi connectivity index (χ3v) is 6.23. The zero-order valence-electron chi connectivity index (χ0n) is 19.1. The van der Waals surface area contributed by atoms with Gasteiger partial charge in [0.25, 0.3) is 0 Å². The highest BCUT2D eigenvalue weighted by Crippen LogP contribution is 2.32. The lowest BCUT2D eigenvalue weighted by Crippen LogP contribution is -2.21. The fourth-order valence-corrected chi connectivity index (χ4v) is 4.33. The van der Waals surface area contributed by atoms with Crippen LogP contribution in [0.15, 0.2) is 54.7 Å². The van der Waals surface area contributed by atoms with Crippen molar-refractivity contribution in [3.05, 3.63) is 65.9 Å². The maximum absolute atomic E-state index is 10.6. The summed E-state index contributed by atoms with van der Waals surface area (Å²) < 4.78 is 15.3. The van der Waals surface area contributed by atoms with Gasteiger partial charge < -0.3 is 5.32 Å². The minimum atomic E-state index is -2.52. The number of pyridine rings is 1. The van der Waals surface area contributed by atoms with Crippen LogP contribution in [-0.2, 0) is 15.5 Å². The fourth-order valence-electron chi connectivity index (χ4n) is 4.05. The topological polar surface area (TPSA) is 71.5 Å². The Morgan fingerprint density at radius 3 is 2.62 bits per heavy atom. The minimum Gasteiger partial charge on any atom is -0.310 e. The Morgan fingerprint density at radius 1 is 1.06 bits per heavy atom. The minimum absolute atomic E-state index is 0.106. The molecule has 170 valence electrons. The third kappa shape index (κ3) is 6.91. The molecule has 0 fully saturated rings. The summed E-state index contributed by atoms with van der Waals surface area (Å²) in [7, 11) is -2.52. The molecule has 3 rings (SSSR count). The first-order chi connectivity index (χ1) is 15.6. The Labute approximate surface area is 192 Å². The van der Waals surface area contributed by atoms with Crippen LogP contribution in [0.2, 0.25) is 0 Å². The summed E-state index contributed by atoms with van der Waals surface area (Å²) in [6.07, 6.45) is 8.79. The SMILES string of the molecule is CCCCCCc1ccc(-c2ccc(C(C)NCCCO[P+](=O)O)c3ncccc23)cc1. The second-order valence-corrected chi connectivity index (χ2v) is 8.94. The summed E-state index contributed by atoms with van der Waals surface area (Å²) in [5.74, 6) is 0. The summed E-state index contributed by atoms with van der Waals surface area (Å²) in [6, 6.07) is 17.5. The molecule has 32 heavy (non-hydrogen) atoms. The monoisotopic (exact) mass is 453 g/mol. The van der Waals surface area contributed by atoms with E-state index in [4.69, 9.17) is 14.4 Å². The molecule has 1 aromatic heterocycles. The van der Waals surface area contributed by atoms with Crippen LogP contribution in [0.4, 0.5) is 0 Å². The molecule has 2 atom stereocenters. The first-order valence-corrected chi connectivity index (χ1v) is 12.7. The Morgan fingerprint density at radius 2 is 1.88 bits per heavy atom. The number of hydrogen-bond acceptors (Lipinski definition) is 4. The van der Waals surface area contributed by atoms with E-state index in [0.717, 1.165) is 22.9 Å². The van der Waals surface area contributed by atoms with Gasteiger partial charge in [-0.25, -0.2) is 0 Å². The zero-order valence-corrected chi connectivity index (χ0v) is 20.0. The zero-order chi connectivity index (χ0) is 22.8. The molecule has 0 aliphatic carbocycles. The number of hydrogen-bond donors (Lipinski definition) is 2. The number of unbranched alkanes of at least 4 members (excludes halogenated alkanes) is 3. The molecule has 5 nitrogen and oxygen atoms in total. The van der Waals surface area contributed by atoms with Gasteiger partial charge in [-0.15, -0.1) is 9.42 Å². The molecule has 2 unspecified atom stereocenters. The molecule has 2 N–H and O–H groups in total. The molecule has 2 aromatic carbocycles. The van der Waals surface area contributed by atoms with Gasteiger partial charge in [0.1, 0.15) is 6.61 Å². The van der Waals surface area contributed by atoms with Gasteiger partial charge in [0.2, 0.25) is 0 Å². The molecule has 0 amide bonds. The number of nitrogens with one attached hydrogen (secondary N) is 1. The largest absolute Gasteiger partial charge is 0.694 e. The third-order valence-electron chi connectivity index (χ3n) is 5.82. The van der Waals surface area contributed by atoms with Crippen LogP contribution in [0.3, 0.4) is 0 Å². The molecule has 0 aliphatic heterocycles. The highest BCUT2D eigenvalue weighted by molar-refractivity contribution is 7.32. The van der Waals surface area contributed by atoms with Crippen molar-refractivity contribution in [1.82, 2.24) is 10.3 Å². The van der Waals surface area contributed by atoms with Gasteiger partial charge in [0, 0.05) is 22.2 Å². The highest BCUT2D eigenvalue weighted by Gasteiger charge is 2.14. The van der Waals surface area contributed by atoms with Crippen molar-refractivity contribution in [3.8, 4) is 11.1 Å². The van der Waals surface area contributed by atoms with Crippen LogP contribution in [0, 0.1) is 0 Å². The molecule has 3 aromatic rings. The van der Waals surface area contributed by atoms with Crippen molar-refractivity contribution in [3.63, 3.8) is 0 Å². The van der Waals surface area contributed by atoms with E-state index in [1.807, 2.05) is 12.3 Å². The van der Waals surface area contributed by atoms with Gasteiger partial charge >= 0.3 is 8.25 Å². The van der Waals surface area contributed by atoms with Gasteiger partial charge in [-0.1, -0.05) is 68.7 Å². The molecule has 0 radical (unpaired) electrons. The van der Waals surface area contributed by atoms with Crippen molar-refractivity contribution in [2.24, 2.45) is 0 Å². The standard InChI is InChI=1S/C26H33N2O3P/c1-3-4-5-6-9-21-11-13-22(14-12-21)24-16-15-23(26-25(24)10-7-17-28-26)20(2)27-18-8-19-31-32(29)30/h7,10-17,20,27H,3-6,8-9,18-19H2,1-2H3/p+1. The normalized spacial score (nSPS) is 12.8. The average molecular weight is 454 g/mol. The summed E-state index contributed by atoms with van der Waals surface area (Å²) >= 11 is 0. The molecule has 0 spiro atoms. The molecular formula is C26H34N2O3P+. The summed E-state index contributed by atoms with van der Waals surface area (Å²) in [4.78, 5) is 13.4. The number of aromatic nitrogens is 1. The van der Waals surface area contributed by atoms with E-state index in [-0.39, 0.29) is 12.6 Å². The summed E-state index contributed by atoms with van der Waals surface area (Å²) in [5.41, 5.74) is 5.95. The highest BCUT2D eigenvalue weighted by atomic mass is 31.1. The lowest BCUT2D eigenvalue weighted by molar-refractivity contribution is 0.275. The maximum Gasteiger partial charge on any atom is 0.694 e. The van der Waals surface area contributed by atoms with Crippen LogP contribution in [0.1, 0.15) is 63.1 Å². The lowest BCUT2D eigenvalue weighted by atomic mass is 9.94. The number of nitrogens with zero attached hydrogens (tertiary/aromatic N) is 1. The van der Waals surface area contributed by atoms with Crippen LogP contribution in [-0.4, -0.2) is 23.0 Å². The first-order valence-electron chi connectivity index (χ1n) is 11.6. The predicted molar refractivity (Wildman–Crippen MR) is 132 cm³/mol. The van der Waals surface area contributed by atoms with Crippen molar-refractivity contribution >= 4 is 19.2 Å². The van der Waals surface area contributed by atoms with E-state index in [9.17, 15) is 4.57 Å². The molecule has 6 heteroatoms. The van der Waals surface area contributed by atoms with E-state index in [1.165, 1.54) is 42.4 Å². The van der Waals surface area contributed by atoms with Crippen molar-refractivity contribution in [1.29, 1.82) is 0 Å². The number of rotatable bonds is 13. The van der Waals surface area contributed by atoms with Gasteiger partial charge in [-0.2, -0.15) is 0 Å². The molecule has 0 saturated heterocycles. The lowest BCUT2D eigenvalue weighted by Gasteiger charge is -2.17. The average Bonchev–Trinajstić information content (AvgIpc) is 2.81. The molecule has 1 heterocycles. The van der Waals surface area contributed by atoms with Crippen molar-refractivity contribution in [2.45, 2.75) is 58.4 Å². The van der Waals surface area contributed by atoms with Crippen LogP contribution in [0.25, 0.3) is 22.0 Å². The Kier molecular flexibility index (Phi) is 9.76. The van der Waals surface area contributed by atoms with E-state index >= 15 is 0 Å². The van der Waals surface area contributed by atoms with Crippen LogP contribution < -0.4 is 5.32 Å². The maximum atomic E-state index is 10.6. The number of benzene rings is 2. The van der Waals surface area contributed by atoms with Gasteiger partial charge in [0.15, 0.2) is 0 Å². The van der Waals surface area contributed by atoms with Crippen molar-refractivity contribution < 1.29 is 14.0 Å². The van der Waals surface area contributed by atoms with Crippen LogP contribution >= 0.6 is 8.25 Å². The van der Waals surface area contributed by atoms with Crippen molar-refractivity contribution in [2.75, 3.05) is 13.2 Å². The molecule has 0 bridgehead atoms. The Balaban J connectivity index is 1.72. The number of fused-ring (bicyclic) bond motifs is 1. The van der Waals surface area contributed by atoms with E-state index in [1.54, 1.807) is 0 Å². The summed E-state index contributed by atoms with van der Waals surface area (Å²) in [6.45, 7) is 5.32.